The summed E-state index contributed by atoms with van der Waals surface area (Å²) in [6.45, 7) is 5.25. The number of Topliss-reactive ketones (excluding diaryl/α,β-unsaturated/α-hetero) is 1. The van der Waals surface area contributed by atoms with Crippen LogP contribution in [0, 0.1) is 5.82 Å². The van der Waals surface area contributed by atoms with Crippen molar-refractivity contribution in [3.63, 3.8) is 0 Å². The topological polar surface area (TPSA) is 55.8 Å². The van der Waals surface area contributed by atoms with E-state index in [0.717, 1.165) is 5.56 Å². The van der Waals surface area contributed by atoms with Crippen LogP contribution in [0.2, 0.25) is 0 Å². The molecule has 1 amide bonds. The van der Waals surface area contributed by atoms with Crippen molar-refractivity contribution in [2.75, 3.05) is 19.8 Å². The monoisotopic (exact) mass is 385 g/mol. The molecule has 3 rings (SSSR count). The molecule has 0 aliphatic carbocycles. The zero-order valence-electron chi connectivity index (χ0n) is 16.1. The molecule has 0 saturated carbocycles. The standard InChI is InChI=1S/C22H24FNO4/c1-3-24(15(2)16-4-7-18(23)8-5-16)22(26)11-9-19(25)17-6-10-20-21(14-17)28-13-12-27-20/h4-8,10,14-15H,3,9,11-13H2,1-2H3. The summed E-state index contributed by atoms with van der Waals surface area (Å²) in [5.41, 5.74) is 1.36. The molecule has 28 heavy (non-hydrogen) atoms. The van der Waals surface area contributed by atoms with E-state index in [2.05, 4.69) is 0 Å². The van der Waals surface area contributed by atoms with Gasteiger partial charge in [0.15, 0.2) is 17.3 Å². The van der Waals surface area contributed by atoms with Gasteiger partial charge in [-0.15, -0.1) is 0 Å². The van der Waals surface area contributed by atoms with E-state index in [0.29, 0.717) is 36.8 Å². The number of rotatable bonds is 7. The molecular weight excluding hydrogens is 361 g/mol. The maximum atomic E-state index is 13.1. The van der Waals surface area contributed by atoms with Crippen LogP contribution in [0.1, 0.15) is 48.7 Å². The highest BCUT2D eigenvalue weighted by molar-refractivity contribution is 5.98. The number of nitrogens with zero attached hydrogens (tertiary/aromatic N) is 1. The van der Waals surface area contributed by atoms with E-state index in [1.54, 1.807) is 35.2 Å². The highest BCUT2D eigenvalue weighted by atomic mass is 19.1. The predicted octanol–water partition coefficient (Wildman–Crippen LogP) is 4.17. The molecule has 0 fully saturated rings. The second-order valence-electron chi connectivity index (χ2n) is 6.69. The summed E-state index contributed by atoms with van der Waals surface area (Å²) in [6, 6.07) is 11.0. The number of hydrogen-bond acceptors (Lipinski definition) is 4. The summed E-state index contributed by atoms with van der Waals surface area (Å²) in [5.74, 6) is 0.657. The Hall–Kier alpha value is -2.89. The summed E-state index contributed by atoms with van der Waals surface area (Å²) >= 11 is 0. The highest BCUT2D eigenvalue weighted by Gasteiger charge is 2.21. The number of carbonyl (C=O) groups is 2. The van der Waals surface area contributed by atoms with E-state index in [4.69, 9.17) is 9.47 Å². The van der Waals surface area contributed by atoms with Crippen LogP contribution in [0.15, 0.2) is 42.5 Å². The average Bonchev–Trinajstić information content (AvgIpc) is 2.72. The molecule has 1 heterocycles. The van der Waals surface area contributed by atoms with Crippen LogP contribution in [-0.2, 0) is 4.79 Å². The molecule has 1 aliphatic heterocycles. The number of benzene rings is 2. The van der Waals surface area contributed by atoms with Gasteiger partial charge >= 0.3 is 0 Å². The van der Waals surface area contributed by atoms with Gasteiger partial charge in [0.25, 0.3) is 0 Å². The second kappa shape index (κ2) is 8.87. The van der Waals surface area contributed by atoms with Crippen molar-refractivity contribution in [2.24, 2.45) is 0 Å². The fourth-order valence-electron chi connectivity index (χ4n) is 3.31. The third kappa shape index (κ3) is 4.50. The molecular formula is C22H24FNO4. The minimum absolute atomic E-state index is 0.106. The molecule has 0 radical (unpaired) electrons. The van der Waals surface area contributed by atoms with E-state index >= 15 is 0 Å². The van der Waals surface area contributed by atoms with Crippen molar-refractivity contribution in [1.82, 2.24) is 4.90 Å². The zero-order valence-corrected chi connectivity index (χ0v) is 16.1. The van der Waals surface area contributed by atoms with Gasteiger partial charge in [-0.3, -0.25) is 9.59 Å². The highest BCUT2D eigenvalue weighted by Crippen LogP contribution is 2.31. The van der Waals surface area contributed by atoms with Crippen molar-refractivity contribution in [3.8, 4) is 11.5 Å². The Morgan fingerprint density at radius 2 is 1.71 bits per heavy atom. The first-order chi connectivity index (χ1) is 13.5. The van der Waals surface area contributed by atoms with Crippen molar-refractivity contribution in [3.05, 3.63) is 59.4 Å². The summed E-state index contributed by atoms with van der Waals surface area (Å²) in [4.78, 5) is 26.9. The maximum Gasteiger partial charge on any atom is 0.223 e. The van der Waals surface area contributed by atoms with Crippen LogP contribution in [0.3, 0.4) is 0 Å². The lowest BCUT2D eigenvalue weighted by atomic mass is 10.0. The normalized spacial score (nSPS) is 13.7. The molecule has 148 valence electrons. The van der Waals surface area contributed by atoms with Crippen molar-refractivity contribution >= 4 is 11.7 Å². The number of halogens is 1. The Labute approximate surface area is 164 Å². The largest absolute Gasteiger partial charge is 0.486 e. The van der Waals surface area contributed by atoms with E-state index in [9.17, 15) is 14.0 Å². The summed E-state index contributed by atoms with van der Waals surface area (Å²) in [5, 5.41) is 0. The lowest BCUT2D eigenvalue weighted by Crippen LogP contribution is -2.33. The SMILES string of the molecule is CCN(C(=O)CCC(=O)c1ccc2c(c1)OCCO2)C(C)c1ccc(F)cc1. The number of fused-ring (bicyclic) bond motifs is 1. The zero-order chi connectivity index (χ0) is 20.1. The van der Waals surface area contributed by atoms with Crippen LogP contribution in [-0.4, -0.2) is 36.3 Å². The Morgan fingerprint density at radius 1 is 1.04 bits per heavy atom. The lowest BCUT2D eigenvalue weighted by Gasteiger charge is -2.28. The molecule has 1 aliphatic rings. The molecule has 0 aromatic heterocycles. The molecule has 6 heteroatoms. The molecule has 5 nitrogen and oxygen atoms in total. The number of amides is 1. The van der Waals surface area contributed by atoms with E-state index in [1.807, 2.05) is 13.8 Å². The van der Waals surface area contributed by atoms with Crippen LogP contribution in [0.25, 0.3) is 0 Å². The third-order valence-electron chi connectivity index (χ3n) is 4.91. The first-order valence-corrected chi connectivity index (χ1v) is 9.47. The molecule has 2 aromatic carbocycles. The Balaban J connectivity index is 1.61. The van der Waals surface area contributed by atoms with Crippen molar-refractivity contribution in [1.29, 1.82) is 0 Å². The van der Waals surface area contributed by atoms with Crippen LogP contribution in [0.5, 0.6) is 11.5 Å². The molecule has 0 N–H and O–H groups in total. The van der Waals surface area contributed by atoms with Gasteiger partial charge in [-0.1, -0.05) is 12.1 Å². The smallest absolute Gasteiger partial charge is 0.223 e. The quantitative estimate of drug-likeness (QED) is 0.672. The first kappa shape index (κ1) is 19.9. The molecule has 0 bridgehead atoms. The van der Waals surface area contributed by atoms with E-state index < -0.39 is 0 Å². The Bertz CT molecular complexity index is 850. The fourth-order valence-corrected chi connectivity index (χ4v) is 3.31. The van der Waals surface area contributed by atoms with Crippen LogP contribution < -0.4 is 9.47 Å². The molecule has 0 saturated heterocycles. The van der Waals surface area contributed by atoms with E-state index in [1.165, 1.54) is 12.1 Å². The number of ketones is 1. The number of carbonyl (C=O) groups excluding carboxylic acids is 2. The summed E-state index contributed by atoms with van der Waals surface area (Å²) in [6.07, 6.45) is 0.234. The molecule has 2 aromatic rings. The molecule has 0 spiro atoms. The summed E-state index contributed by atoms with van der Waals surface area (Å²) < 4.78 is 24.1. The van der Waals surface area contributed by atoms with Crippen molar-refractivity contribution < 1.29 is 23.5 Å². The van der Waals surface area contributed by atoms with Gasteiger partial charge in [0.2, 0.25) is 5.91 Å². The van der Waals surface area contributed by atoms with Gasteiger partial charge in [0.1, 0.15) is 19.0 Å². The van der Waals surface area contributed by atoms with Gasteiger partial charge in [-0.25, -0.2) is 4.39 Å². The van der Waals surface area contributed by atoms with Gasteiger partial charge in [0, 0.05) is 24.9 Å². The lowest BCUT2D eigenvalue weighted by molar-refractivity contribution is -0.133. The van der Waals surface area contributed by atoms with Gasteiger partial charge < -0.3 is 14.4 Å². The van der Waals surface area contributed by atoms with E-state index in [-0.39, 0.29) is 36.4 Å². The number of hydrogen-bond donors (Lipinski definition) is 0. The average molecular weight is 385 g/mol. The predicted molar refractivity (Wildman–Crippen MR) is 103 cm³/mol. The third-order valence-corrected chi connectivity index (χ3v) is 4.91. The first-order valence-electron chi connectivity index (χ1n) is 9.47. The minimum atomic E-state index is -0.310. The van der Waals surface area contributed by atoms with Gasteiger partial charge in [-0.2, -0.15) is 0 Å². The minimum Gasteiger partial charge on any atom is -0.486 e. The fraction of sp³-hybridized carbons (Fsp3) is 0.364. The Kier molecular flexibility index (Phi) is 6.29. The van der Waals surface area contributed by atoms with Gasteiger partial charge in [0.05, 0.1) is 6.04 Å². The summed E-state index contributed by atoms with van der Waals surface area (Å²) in [7, 11) is 0. The second-order valence-corrected chi connectivity index (χ2v) is 6.69. The van der Waals surface area contributed by atoms with Crippen molar-refractivity contribution in [2.45, 2.75) is 32.7 Å². The van der Waals surface area contributed by atoms with Crippen LogP contribution in [0.4, 0.5) is 4.39 Å². The molecule has 1 atom stereocenters. The molecule has 1 unspecified atom stereocenters. The van der Waals surface area contributed by atoms with Crippen LogP contribution >= 0.6 is 0 Å². The maximum absolute atomic E-state index is 13.1. The number of ether oxygens (including phenoxy) is 2. The van der Waals surface area contributed by atoms with Gasteiger partial charge in [-0.05, 0) is 49.7 Å². The Morgan fingerprint density at radius 3 is 2.39 bits per heavy atom.